The van der Waals surface area contributed by atoms with Gasteiger partial charge >= 0.3 is 6.03 Å². The van der Waals surface area contributed by atoms with Gasteiger partial charge in [-0.3, -0.25) is 4.90 Å². The van der Waals surface area contributed by atoms with Gasteiger partial charge in [-0.1, -0.05) is 18.2 Å². The largest absolute Gasteiger partial charge is 0.379 e. The van der Waals surface area contributed by atoms with Crippen molar-refractivity contribution in [3.05, 3.63) is 30.3 Å². The maximum atomic E-state index is 12.6. The second-order valence-electron chi connectivity index (χ2n) is 6.38. The summed E-state index contributed by atoms with van der Waals surface area (Å²) in [6.45, 7) is 5.63. The van der Waals surface area contributed by atoms with E-state index in [2.05, 4.69) is 10.2 Å². The van der Waals surface area contributed by atoms with Gasteiger partial charge in [0.05, 0.1) is 13.2 Å². The van der Waals surface area contributed by atoms with E-state index in [0.29, 0.717) is 6.04 Å². The summed E-state index contributed by atoms with van der Waals surface area (Å²) in [5.41, 5.74) is 0.870. The molecule has 2 fully saturated rings. The number of rotatable bonds is 4. The number of hydrogen-bond acceptors (Lipinski definition) is 3. The van der Waals surface area contributed by atoms with Gasteiger partial charge < -0.3 is 15.0 Å². The van der Waals surface area contributed by atoms with Gasteiger partial charge in [0.1, 0.15) is 0 Å². The summed E-state index contributed by atoms with van der Waals surface area (Å²) in [6, 6.07) is 10.1. The highest BCUT2D eigenvalue weighted by Crippen LogP contribution is 2.21. The van der Waals surface area contributed by atoms with Gasteiger partial charge in [0, 0.05) is 37.9 Å². The summed E-state index contributed by atoms with van der Waals surface area (Å²) in [5.74, 6) is 0. The predicted molar refractivity (Wildman–Crippen MR) is 91.7 cm³/mol. The number of carbonyl (C=O) groups is 1. The van der Waals surface area contributed by atoms with Crippen molar-refractivity contribution in [2.75, 3.05) is 44.7 Å². The first-order valence-electron chi connectivity index (χ1n) is 8.76. The molecule has 1 N–H and O–H groups in total. The molecule has 5 nitrogen and oxygen atoms in total. The number of benzene rings is 1. The van der Waals surface area contributed by atoms with Crippen LogP contribution in [0.4, 0.5) is 10.5 Å². The highest BCUT2D eigenvalue weighted by atomic mass is 16.5. The predicted octanol–water partition coefficient (Wildman–Crippen LogP) is 2.80. The van der Waals surface area contributed by atoms with E-state index in [1.165, 1.54) is 6.42 Å². The average molecular weight is 317 g/mol. The van der Waals surface area contributed by atoms with Crippen LogP contribution in [0.2, 0.25) is 0 Å². The van der Waals surface area contributed by atoms with Gasteiger partial charge in [-0.25, -0.2) is 4.79 Å². The van der Waals surface area contributed by atoms with Gasteiger partial charge in [0.2, 0.25) is 0 Å². The SMILES string of the molecule is O=C(Nc1ccccc1)N1CCCC[C@H]1CCN1CCOCC1. The van der Waals surface area contributed by atoms with E-state index in [1.807, 2.05) is 35.2 Å². The van der Waals surface area contributed by atoms with Crippen molar-refractivity contribution in [1.29, 1.82) is 0 Å². The summed E-state index contributed by atoms with van der Waals surface area (Å²) in [7, 11) is 0. The summed E-state index contributed by atoms with van der Waals surface area (Å²) in [6.07, 6.45) is 4.51. The number of amides is 2. The standard InChI is InChI=1S/C18H27N3O2/c22-18(19-16-6-2-1-3-7-16)21-10-5-4-8-17(21)9-11-20-12-14-23-15-13-20/h1-3,6-7,17H,4-5,8-15H2,(H,19,22)/t17-/m0/s1. The first kappa shape index (κ1) is 16.3. The number of nitrogens with one attached hydrogen (secondary N) is 1. The highest BCUT2D eigenvalue weighted by Gasteiger charge is 2.27. The zero-order chi connectivity index (χ0) is 15.9. The molecule has 5 heteroatoms. The lowest BCUT2D eigenvalue weighted by Gasteiger charge is -2.37. The Hall–Kier alpha value is -1.59. The Morgan fingerprint density at radius 2 is 1.91 bits per heavy atom. The van der Waals surface area contributed by atoms with Gasteiger partial charge in [0.25, 0.3) is 0 Å². The zero-order valence-corrected chi connectivity index (χ0v) is 13.7. The molecule has 0 saturated carbocycles. The first-order valence-corrected chi connectivity index (χ1v) is 8.76. The summed E-state index contributed by atoms with van der Waals surface area (Å²) < 4.78 is 5.40. The third-order valence-corrected chi connectivity index (χ3v) is 4.80. The van der Waals surface area contributed by atoms with Crippen LogP contribution in [0, 0.1) is 0 Å². The number of ether oxygens (including phenoxy) is 1. The minimum Gasteiger partial charge on any atom is -0.379 e. The number of urea groups is 1. The second-order valence-corrected chi connectivity index (χ2v) is 6.38. The smallest absolute Gasteiger partial charge is 0.322 e. The minimum atomic E-state index is 0.0443. The molecule has 1 aromatic carbocycles. The summed E-state index contributed by atoms with van der Waals surface area (Å²) in [4.78, 5) is 17.1. The van der Waals surface area contributed by atoms with Crippen LogP contribution in [-0.4, -0.2) is 61.3 Å². The van der Waals surface area contributed by atoms with Crippen LogP contribution in [0.15, 0.2) is 30.3 Å². The molecule has 2 heterocycles. The summed E-state index contributed by atoms with van der Waals surface area (Å²) in [5, 5.41) is 3.03. The van der Waals surface area contributed by atoms with Crippen LogP contribution in [0.25, 0.3) is 0 Å². The molecule has 1 atom stereocenters. The van der Waals surface area contributed by atoms with Crippen LogP contribution < -0.4 is 5.32 Å². The molecular weight excluding hydrogens is 290 g/mol. The van der Waals surface area contributed by atoms with Crippen LogP contribution in [0.1, 0.15) is 25.7 Å². The first-order chi connectivity index (χ1) is 11.3. The molecule has 0 aromatic heterocycles. The van der Waals surface area contributed by atoms with Crippen molar-refractivity contribution in [2.24, 2.45) is 0 Å². The molecule has 3 rings (SSSR count). The number of carbonyl (C=O) groups excluding carboxylic acids is 1. The topological polar surface area (TPSA) is 44.8 Å². The Balaban J connectivity index is 1.53. The molecule has 23 heavy (non-hydrogen) atoms. The van der Waals surface area contributed by atoms with Gasteiger partial charge in [-0.2, -0.15) is 0 Å². The van der Waals surface area contributed by atoms with E-state index in [-0.39, 0.29) is 6.03 Å². The van der Waals surface area contributed by atoms with Crippen molar-refractivity contribution >= 4 is 11.7 Å². The Bertz CT molecular complexity index is 488. The fourth-order valence-electron chi connectivity index (χ4n) is 3.44. The Labute approximate surface area is 138 Å². The van der Waals surface area contributed by atoms with Crippen LogP contribution in [-0.2, 0) is 4.74 Å². The van der Waals surface area contributed by atoms with E-state index >= 15 is 0 Å². The van der Waals surface area contributed by atoms with Gasteiger partial charge in [-0.15, -0.1) is 0 Å². The number of para-hydroxylation sites is 1. The number of likely N-dealkylation sites (tertiary alicyclic amines) is 1. The Kier molecular flexibility index (Phi) is 5.88. The van der Waals surface area contributed by atoms with Crippen molar-refractivity contribution in [1.82, 2.24) is 9.80 Å². The normalized spacial score (nSPS) is 22.8. The van der Waals surface area contributed by atoms with E-state index in [4.69, 9.17) is 4.74 Å². The molecule has 2 amide bonds. The minimum absolute atomic E-state index is 0.0443. The van der Waals surface area contributed by atoms with E-state index in [9.17, 15) is 4.79 Å². The molecule has 0 aliphatic carbocycles. The molecule has 0 spiro atoms. The van der Waals surface area contributed by atoms with E-state index in [1.54, 1.807) is 0 Å². The van der Waals surface area contributed by atoms with Gasteiger partial charge in [-0.05, 0) is 37.8 Å². The average Bonchev–Trinajstić information content (AvgIpc) is 2.62. The van der Waals surface area contributed by atoms with E-state index < -0.39 is 0 Å². The quantitative estimate of drug-likeness (QED) is 0.929. The maximum Gasteiger partial charge on any atom is 0.322 e. The molecule has 2 aliphatic heterocycles. The lowest BCUT2D eigenvalue weighted by Crippen LogP contribution is -2.48. The van der Waals surface area contributed by atoms with Crippen LogP contribution in [0.5, 0.6) is 0 Å². The molecule has 0 bridgehead atoms. The molecule has 0 radical (unpaired) electrons. The monoisotopic (exact) mass is 317 g/mol. The number of morpholine rings is 1. The Morgan fingerprint density at radius 3 is 2.70 bits per heavy atom. The van der Waals surface area contributed by atoms with Crippen LogP contribution in [0.3, 0.4) is 0 Å². The molecule has 126 valence electrons. The third kappa shape index (κ3) is 4.69. The second kappa shape index (κ2) is 8.31. The molecule has 2 aliphatic rings. The molecule has 2 saturated heterocycles. The fourth-order valence-corrected chi connectivity index (χ4v) is 3.44. The summed E-state index contributed by atoms with van der Waals surface area (Å²) >= 11 is 0. The van der Waals surface area contributed by atoms with Crippen molar-refractivity contribution in [3.63, 3.8) is 0 Å². The van der Waals surface area contributed by atoms with Crippen molar-refractivity contribution in [2.45, 2.75) is 31.7 Å². The van der Waals surface area contributed by atoms with Crippen LogP contribution >= 0.6 is 0 Å². The van der Waals surface area contributed by atoms with E-state index in [0.717, 1.165) is 64.3 Å². The fraction of sp³-hybridized carbons (Fsp3) is 0.611. The lowest BCUT2D eigenvalue weighted by atomic mass is 9.99. The highest BCUT2D eigenvalue weighted by molar-refractivity contribution is 5.89. The van der Waals surface area contributed by atoms with Crippen molar-refractivity contribution in [3.8, 4) is 0 Å². The number of anilines is 1. The zero-order valence-electron chi connectivity index (χ0n) is 13.7. The molecule has 1 aromatic rings. The third-order valence-electron chi connectivity index (χ3n) is 4.80. The maximum absolute atomic E-state index is 12.6. The lowest BCUT2D eigenvalue weighted by molar-refractivity contribution is 0.0329. The Morgan fingerprint density at radius 1 is 1.13 bits per heavy atom. The van der Waals surface area contributed by atoms with Gasteiger partial charge in [0.15, 0.2) is 0 Å². The molecular formula is C18H27N3O2. The number of nitrogens with zero attached hydrogens (tertiary/aromatic N) is 2. The van der Waals surface area contributed by atoms with Crippen molar-refractivity contribution < 1.29 is 9.53 Å². The number of hydrogen-bond donors (Lipinski definition) is 1. The number of piperidine rings is 1. The molecule has 0 unspecified atom stereocenters.